The smallest absolute Gasteiger partial charge is 0.123 e. The van der Waals surface area contributed by atoms with Crippen LogP contribution in [0.2, 0.25) is 0 Å². The highest BCUT2D eigenvalue weighted by molar-refractivity contribution is 6.18. The number of alkyl halides is 1. The molecule has 0 spiro atoms. The predicted molar refractivity (Wildman–Crippen MR) is 58.4 cm³/mol. The number of halogens is 2. The molecule has 1 N–H and O–H groups in total. The topological polar surface area (TPSA) is 28.7 Å². The highest BCUT2D eigenvalue weighted by Crippen LogP contribution is 2.22. The van der Waals surface area contributed by atoms with E-state index in [1.165, 1.54) is 12.1 Å². The number of aromatic nitrogens is 2. The van der Waals surface area contributed by atoms with E-state index in [0.717, 1.165) is 23.2 Å². The summed E-state index contributed by atoms with van der Waals surface area (Å²) in [6.45, 7) is 0. The van der Waals surface area contributed by atoms with Crippen LogP contribution >= 0.6 is 11.6 Å². The van der Waals surface area contributed by atoms with Crippen LogP contribution in [0.4, 0.5) is 4.39 Å². The minimum absolute atomic E-state index is 0.235. The second-order valence-corrected chi connectivity index (χ2v) is 3.59. The number of aromatic amines is 1. The fraction of sp³-hybridized carbons (Fsp3) is 0.182. The van der Waals surface area contributed by atoms with Crippen LogP contribution < -0.4 is 0 Å². The molecule has 2 nitrogen and oxygen atoms in total. The van der Waals surface area contributed by atoms with Gasteiger partial charge in [0.2, 0.25) is 0 Å². The van der Waals surface area contributed by atoms with Gasteiger partial charge in [0.05, 0.1) is 6.20 Å². The molecule has 0 bridgehead atoms. The molecule has 0 amide bonds. The van der Waals surface area contributed by atoms with E-state index in [1.807, 2.05) is 0 Å². The van der Waals surface area contributed by atoms with Gasteiger partial charge in [0.15, 0.2) is 0 Å². The molecule has 4 heteroatoms. The number of nitrogens with one attached hydrogen (secondary N) is 1. The summed E-state index contributed by atoms with van der Waals surface area (Å²) in [5.74, 6) is 0.303. The zero-order valence-corrected chi connectivity index (χ0v) is 8.76. The van der Waals surface area contributed by atoms with Crippen molar-refractivity contribution in [1.29, 1.82) is 0 Å². The molecule has 1 aromatic heterocycles. The lowest BCUT2D eigenvalue weighted by molar-refractivity contribution is 0.628. The maximum absolute atomic E-state index is 12.7. The van der Waals surface area contributed by atoms with Crippen LogP contribution in [-0.2, 0) is 6.42 Å². The second kappa shape index (κ2) is 4.45. The van der Waals surface area contributed by atoms with Crippen LogP contribution in [0.1, 0.15) is 5.69 Å². The molecule has 0 saturated heterocycles. The number of hydrogen-bond acceptors (Lipinski definition) is 1. The molecule has 0 fully saturated rings. The zero-order valence-electron chi connectivity index (χ0n) is 8.00. The molecular weight excluding hydrogens is 215 g/mol. The van der Waals surface area contributed by atoms with Crippen molar-refractivity contribution in [2.45, 2.75) is 6.42 Å². The maximum atomic E-state index is 12.7. The van der Waals surface area contributed by atoms with Gasteiger partial charge >= 0.3 is 0 Å². The van der Waals surface area contributed by atoms with Gasteiger partial charge in [-0.15, -0.1) is 11.6 Å². The van der Waals surface area contributed by atoms with Crippen molar-refractivity contribution in [2.75, 3.05) is 5.88 Å². The standard InChI is InChI=1S/C11H10ClFN2/c12-6-5-11-10(7-14-15-11)8-1-3-9(13)4-2-8/h1-4,7H,5-6H2,(H,14,15). The minimum Gasteiger partial charge on any atom is -0.282 e. The Balaban J connectivity index is 2.36. The van der Waals surface area contributed by atoms with Crippen molar-refractivity contribution in [3.63, 3.8) is 0 Å². The van der Waals surface area contributed by atoms with Crippen LogP contribution in [0, 0.1) is 5.82 Å². The Bertz CT molecular complexity index is 436. The third kappa shape index (κ3) is 2.18. The van der Waals surface area contributed by atoms with Gasteiger partial charge in [-0.05, 0) is 17.7 Å². The van der Waals surface area contributed by atoms with E-state index in [9.17, 15) is 4.39 Å². The first-order valence-electron chi connectivity index (χ1n) is 4.65. The summed E-state index contributed by atoms with van der Waals surface area (Å²) in [7, 11) is 0. The summed E-state index contributed by atoms with van der Waals surface area (Å²) in [4.78, 5) is 0. The number of rotatable bonds is 3. The van der Waals surface area contributed by atoms with Crippen molar-refractivity contribution in [3.8, 4) is 11.1 Å². The van der Waals surface area contributed by atoms with Crippen molar-refractivity contribution in [3.05, 3.63) is 42.0 Å². The normalized spacial score (nSPS) is 10.5. The number of H-pyrrole nitrogens is 1. The molecule has 0 atom stereocenters. The van der Waals surface area contributed by atoms with Crippen molar-refractivity contribution >= 4 is 11.6 Å². The van der Waals surface area contributed by atoms with Gasteiger partial charge in [0, 0.05) is 23.6 Å². The molecule has 0 aliphatic rings. The lowest BCUT2D eigenvalue weighted by atomic mass is 10.1. The fourth-order valence-electron chi connectivity index (χ4n) is 1.48. The zero-order chi connectivity index (χ0) is 10.7. The first-order chi connectivity index (χ1) is 7.31. The SMILES string of the molecule is Fc1ccc(-c2cn[nH]c2CCCl)cc1. The molecule has 0 unspecified atom stereocenters. The average Bonchev–Trinajstić information content (AvgIpc) is 2.68. The van der Waals surface area contributed by atoms with Crippen LogP contribution in [0.3, 0.4) is 0 Å². The average molecular weight is 225 g/mol. The van der Waals surface area contributed by atoms with Crippen molar-refractivity contribution < 1.29 is 4.39 Å². The summed E-state index contributed by atoms with van der Waals surface area (Å²) in [5, 5.41) is 6.85. The van der Waals surface area contributed by atoms with Crippen molar-refractivity contribution in [2.24, 2.45) is 0 Å². The van der Waals surface area contributed by atoms with E-state index >= 15 is 0 Å². The first kappa shape index (κ1) is 10.2. The molecule has 0 radical (unpaired) electrons. The van der Waals surface area contributed by atoms with Gasteiger partial charge in [0.1, 0.15) is 5.82 Å². The van der Waals surface area contributed by atoms with Gasteiger partial charge < -0.3 is 0 Å². The Morgan fingerprint density at radius 3 is 2.67 bits per heavy atom. The van der Waals surface area contributed by atoms with Crippen LogP contribution in [0.15, 0.2) is 30.5 Å². The number of hydrogen-bond donors (Lipinski definition) is 1. The number of benzene rings is 1. The monoisotopic (exact) mass is 224 g/mol. The van der Waals surface area contributed by atoms with Gasteiger partial charge in [0.25, 0.3) is 0 Å². The van der Waals surface area contributed by atoms with E-state index in [4.69, 9.17) is 11.6 Å². The second-order valence-electron chi connectivity index (χ2n) is 3.21. The third-order valence-corrected chi connectivity index (χ3v) is 2.41. The highest BCUT2D eigenvalue weighted by atomic mass is 35.5. The van der Waals surface area contributed by atoms with Gasteiger partial charge in [-0.3, -0.25) is 5.10 Å². The summed E-state index contributed by atoms with van der Waals surface area (Å²) >= 11 is 5.67. The summed E-state index contributed by atoms with van der Waals surface area (Å²) in [5.41, 5.74) is 2.91. The van der Waals surface area contributed by atoms with E-state index < -0.39 is 0 Å². The Hall–Kier alpha value is -1.35. The Labute approximate surface area is 92.1 Å². The molecule has 1 aromatic carbocycles. The van der Waals surface area contributed by atoms with E-state index in [1.54, 1.807) is 18.3 Å². The predicted octanol–water partition coefficient (Wildman–Crippen LogP) is 3.00. The number of aryl methyl sites for hydroxylation is 1. The molecule has 15 heavy (non-hydrogen) atoms. The van der Waals surface area contributed by atoms with E-state index in [0.29, 0.717) is 5.88 Å². The quantitative estimate of drug-likeness (QED) is 0.798. The maximum Gasteiger partial charge on any atom is 0.123 e. The Kier molecular flexibility index (Phi) is 3.02. The lowest BCUT2D eigenvalue weighted by Gasteiger charge is -2.01. The Morgan fingerprint density at radius 1 is 1.27 bits per heavy atom. The molecule has 0 aliphatic carbocycles. The van der Waals surface area contributed by atoms with Crippen LogP contribution in [0.25, 0.3) is 11.1 Å². The van der Waals surface area contributed by atoms with Crippen LogP contribution in [0.5, 0.6) is 0 Å². The van der Waals surface area contributed by atoms with Crippen LogP contribution in [-0.4, -0.2) is 16.1 Å². The third-order valence-electron chi connectivity index (χ3n) is 2.22. The molecule has 0 saturated carbocycles. The summed E-state index contributed by atoms with van der Waals surface area (Å²) < 4.78 is 12.7. The van der Waals surface area contributed by atoms with E-state index in [2.05, 4.69) is 10.2 Å². The molecule has 2 rings (SSSR count). The van der Waals surface area contributed by atoms with E-state index in [-0.39, 0.29) is 5.82 Å². The van der Waals surface area contributed by atoms with Gasteiger partial charge in [-0.2, -0.15) is 5.10 Å². The molecule has 0 aliphatic heterocycles. The summed E-state index contributed by atoms with van der Waals surface area (Å²) in [6.07, 6.45) is 2.46. The largest absolute Gasteiger partial charge is 0.282 e. The molecular formula is C11H10ClFN2. The Morgan fingerprint density at radius 2 is 2.00 bits per heavy atom. The van der Waals surface area contributed by atoms with Gasteiger partial charge in [-0.1, -0.05) is 12.1 Å². The molecule has 2 aromatic rings. The first-order valence-corrected chi connectivity index (χ1v) is 5.19. The highest BCUT2D eigenvalue weighted by Gasteiger charge is 2.06. The molecule has 1 heterocycles. The van der Waals surface area contributed by atoms with Crippen molar-refractivity contribution in [1.82, 2.24) is 10.2 Å². The lowest BCUT2D eigenvalue weighted by Crippen LogP contribution is -1.89. The molecule has 78 valence electrons. The van der Waals surface area contributed by atoms with Gasteiger partial charge in [-0.25, -0.2) is 4.39 Å². The fourth-order valence-corrected chi connectivity index (χ4v) is 1.67. The summed E-state index contributed by atoms with van der Waals surface area (Å²) in [6, 6.07) is 6.34. The number of nitrogens with zero attached hydrogens (tertiary/aromatic N) is 1. The minimum atomic E-state index is -0.235.